The average molecular weight is 428 g/mol. The highest BCUT2D eigenvalue weighted by molar-refractivity contribution is 6.07. The minimum Gasteiger partial charge on any atom is -0.457 e. The van der Waals surface area contributed by atoms with Gasteiger partial charge in [-0.25, -0.2) is 0 Å². The maximum absolute atomic E-state index is 12.9. The number of benzene rings is 3. The fourth-order valence-electron chi connectivity index (χ4n) is 2.83. The van der Waals surface area contributed by atoms with Crippen molar-refractivity contribution < 1.29 is 27.5 Å². The molecule has 2 amide bonds. The molecule has 2 N–H and O–H groups in total. The quantitative estimate of drug-likeness (QED) is 0.522. The molecule has 0 aliphatic rings. The number of rotatable bonds is 5. The lowest BCUT2D eigenvalue weighted by Gasteiger charge is -2.13. The molecule has 160 valence electrons. The molecule has 0 atom stereocenters. The number of anilines is 2. The standard InChI is InChI=1S/C23H19F3N2O3/c1-14-9-10-20(27-15(2)29)21(11-14)28-22(30)16-5-3-7-18(12-16)31-19-8-4-6-17(13-19)23(24,25)26/h3-13H,1-2H3,(H,27,29)(H,28,30). The van der Waals surface area contributed by atoms with Gasteiger partial charge in [-0.05, 0) is 61.0 Å². The number of hydrogen-bond donors (Lipinski definition) is 2. The molecule has 0 bridgehead atoms. The van der Waals surface area contributed by atoms with Crippen molar-refractivity contribution in [3.05, 3.63) is 83.4 Å². The Balaban J connectivity index is 1.80. The van der Waals surface area contributed by atoms with Crippen LogP contribution in [0.15, 0.2) is 66.7 Å². The lowest BCUT2D eigenvalue weighted by Crippen LogP contribution is -2.15. The molecular formula is C23H19F3N2O3. The van der Waals surface area contributed by atoms with Gasteiger partial charge in [0, 0.05) is 12.5 Å². The van der Waals surface area contributed by atoms with Crippen molar-refractivity contribution in [1.82, 2.24) is 0 Å². The van der Waals surface area contributed by atoms with Gasteiger partial charge in [0.25, 0.3) is 5.91 Å². The number of carbonyl (C=O) groups is 2. The summed E-state index contributed by atoms with van der Waals surface area (Å²) < 4.78 is 44.2. The number of ether oxygens (including phenoxy) is 1. The molecule has 0 unspecified atom stereocenters. The van der Waals surface area contributed by atoms with Gasteiger partial charge in [0.05, 0.1) is 16.9 Å². The van der Waals surface area contributed by atoms with Gasteiger partial charge in [0.1, 0.15) is 11.5 Å². The van der Waals surface area contributed by atoms with Crippen molar-refractivity contribution in [1.29, 1.82) is 0 Å². The van der Waals surface area contributed by atoms with Gasteiger partial charge < -0.3 is 15.4 Å². The van der Waals surface area contributed by atoms with Crippen LogP contribution in [0.25, 0.3) is 0 Å². The van der Waals surface area contributed by atoms with Crippen LogP contribution in [-0.2, 0) is 11.0 Å². The summed E-state index contributed by atoms with van der Waals surface area (Å²) >= 11 is 0. The maximum Gasteiger partial charge on any atom is 0.416 e. The normalized spacial score (nSPS) is 11.0. The highest BCUT2D eigenvalue weighted by Crippen LogP contribution is 2.33. The molecule has 0 saturated heterocycles. The first-order valence-electron chi connectivity index (χ1n) is 9.26. The van der Waals surface area contributed by atoms with Crippen LogP contribution in [-0.4, -0.2) is 11.8 Å². The zero-order valence-corrected chi connectivity index (χ0v) is 16.7. The van der Waals surface area contributed by atoms with E-state index in [0.717, 1.165) is 17.7 Å². The van der Waals surface area contributed by atoms with Gasteiger partial charge in [0.15, 0.2) is 0 Å². The second kappa shape index (κ2) is 8.91. The van der Waals surface area contributed by atoms with Crippen molar-refractivity contribution >= 4 is 23.2 Å². The summed E-state index contributed by atoms with van der Waals surface area (Å²) in [7, 11) is 0. The van der Waals surface area contributed by atoms with Crippen LogP contribution >= 0.6 is 0 Å². The lowest BCUT2D eigenvalue weighted by molar-refractivity contribution is -0.137. The molecule has 0 radical (unpaired) electrons. The summed E-state index contributed by atoms with van der Waals surface area (Å²) in [6.07, 6.45) is -4.49. The number of aryl methyl sites for hydroxylation is 1. The van der Waals surface area contributed by atoms with E-state index in [2.05, 4.69) is 10.6 Å². The van der Waals surface area contributed by atoms with Gasteiger partial charge >= 0.3 is 6.18 Å². The number of nitrogens with one attached hydrogen (secondary N) is 2. The van der Waals surface area contributed by atoms with Gasteiger partial charge in [-0.1, -0.05) is 18.2 Å². The molecule has 3 aromatic carbocycles. The first kappa shape index (κ1) is 21.9. The van der Waals surface area contributed by atoms with Crippen LogP contribution in [0, 0.1) is 6.92 Å². The number of alkyl halides is 3. The van der Waals surface area contributed by atoms with Crippen LogP contribution in [0.4, 0.5) is 24.5 Å². The Kier molecular flexibility index (Phi) is 6.29. The van der Waals surface area contributed by atoms with Gasteiger partial charge in [-0.3, -0.25) is 9.59 Å². The van der Waals surface area contributed by atoms with E-state index in [1.54, 1.807) is 30.3 Å². The second-order valence-corrected chi connectivity index (χ2v) is 6.84. The third-order valence-electron chi connectivity index (χ3n) is 4.23. The molecular weight excluding hydrogens is 409 g/mol. The van der Waals surface area contributed by atoms with Crippen LogP contribution < -0.4 is 15.4 Å². The highest BCUT2D eigenvalue weighted by atomic mass is 19.4. The van der Waals surface area contributed by atoms with Crippen molar-refractivity contribution in [2.45, 2.75) is 20.0 Å². The van der Waals surface area contributed by atoms with Crippen LogP contribution in [0.5, 0.6) is 11.5 Å². The van der Waals surface area contributed by atoms with Gasteiger partial charge in [0.2, 0.25) is 5.91 Å². The van der Waals surface area contributed by atoms with E-state index in [1.807, 2.05) is 6.92 Å². The molecule has 0 spiro atoms. The summed E-state index contributed by atoms with van der Waals surface area (Å²) in [4.78, 5) is 24.1. The van der Waals surface area contributed by atoms with Crippen LogP contribution in [0.2, 0.25) is 0 Å². The number of amides is 2. The van der Waals surface area contributed by atoms with Gasteiger partial charge in [-0.2, -0.15) is 13.2 Å². The van der Waals surface area contributed by atoms with Crippen molar-refractivity contribution in [3.8, 4) is 11.5 Å². The molecule has 8 heteroatoms. The topological polar surface area (TPSA) is 67.4 Å². The van der Waals surface area contributed by atoms with E-state index in [-0.39, 0.29) is 23.0 Å². The highest BCUT2D eigenvalue weighted by Gasteiger charge is 2.30. The smallest absolute Gasteiger partial charge is 0.416 e. The Morgan fingerprint density at radius 2 is 1.52 bits per heavy atom. The molecule has 0 aromatic heterocycles. The Bertz CT molecular complexity index is 1130. The van der Waals surface area contributed by atoms with Crippen LogP contribution in [0.3, 0.4) is 0 Å². The number of carbonyl (C=O) groups excluding carboxylic acids is 2. The molecule has 0 aliphatic carbocycles. The molecule has 0 heterocycles. The summed E-state index contributed by atoms with van der Waals surface area (Å²) in [6, 6.07) is 15.7. The van der Waals surface area contributed by atoms with Crippen molar-refractivity contribution in [2.24, 2.45) is 0 Å². The summed E-state index contributed by atoms with van der Waals surface area (Å²) in [5.74, 6) is -0.542. The fourth-order valence-corrected chi connectivity index (χ4v) is 2.83. The van der Waals surface area contributed by atoms with Gasteiger partial charge in [-0.15, -0.1) is 0 Å². The SMILES string of the molecule is CC(=O)Nc1ccc(C)cc1NC(=O)c1cccc(Oc2cccc(C(F)(F)F)c2)c1. The predicted molar refractivity (Wildman–Crippen MR) is 111 cm³/mol. The summed E-state index contributed by atoms with van der Waals surface area (Å²) in [5.41, 5.74) is 1.15. The first-order chi connectivity index (χ1) is 14.6. The summed E-state index contributed by atoms with van der Waals surface area (Å²) in [6.45, 7) is 3.21. The second-order valence-electron chi connectivity index (χ2n) is 6.84. The molecule has 0 saturated carbocycles. The van der Waals surface area contributed by atoms with E-state index >= 15 is 0 Å². The zero-order valence-electron chi connectivity index (χ0n) is 16.7. The average Bonchev–Trinajstić information content (AvgIpc) is 2.69. The maximum atomic E-state index is 12.9. The van der Waals surface area contributed by atoms with E-state index in [1.165, 1.54) is 31.2 Å². The fraction of sp³-hybridized carbons (Fsp3) is 0.130. The van der Waals surface area contributed by atoms with Crippen LogP contribution in [0.1, 0.15) is 28.4 Å². The monoisotopic (exact) mass is 428 g/mol. The molecule has 0 aliphatic heterocycles. The molecule has 3 rings (SSSR count). The van der Waals surface area contributed by atoms with Crippen molar-refractivity contribution in [3.63, 3.8) is 0 Å². The number of hydrogen-bond acceptors (Lipinski definition) is 3. The lowest BCUT2D eigenvalue weighted by atomic mass is 10.1. The first-order valence-corrected chi connectivity index (χ1v) is 9.26. The minimum absolute atomic E-state index is 0.000915. The van der Waals surface area contributed by atoms with E-state index in [4.69, 9.17) is 4.74 Å². The Labute approximate surface area is 176 Å². The van der Waals surface area contributed by atoms with E-state index < -0.39 is 17.6 Å². The minimum atomic E-state index is -4.49. The van der Waals surface area contributed by atoms with E-state index in [0.29, 0.717) is 11.4 Å². The zero-order chi connectivity index (χ0) is 22.6. The van der Waals surface area contributed by atoms with E-state index in [9.17, 15) is 22.8 Å². The molecule has 3 aromatic rings. The summed E-state index contributed by atoms with van der Waals surface area (Å²) in [5, 5.41) is 5.38. The van der Waals surface area contributed by atoms with Crippen molar-refractivity contribution in [2.75, 3.05) is 10.6 Å². The third-order valence-corrected chi connectivity index (χ3v) is 4.23. The molecule has 5 nitrogen and oxygen atoms in total. The number of halogens is 3. The molecule has 0 fully saturated rings. The Morgan fingerprint density at radius 1 is 0.839 bits per heavy atom. The molecule has 31 heavy (non-hydrogen) atoms. The third kappa shape index (κ3) is 5.85. The Hall–Kier alpha value is -3.81. The largest absolute Gasteiger partial charge is 0.457 e. The predicted octanol–water partition coefficient (Wildman–Crippen LogP) is 6.02. The Morgan fingerprint density at radius 3 is 2.19 bits per heavy atom.